The molecule has 0 aliphatic carbocycles. The quantitative estimate of drug-likeness (QED) is 0.505. The summed E-state index contributed by atoms with van der Waals surface area (Å²) >= 11 is 0. The van der Waals surface area contributed by atoms with Gasteiger partial charge in [0.1, 0.15) is 18.1 Å². The van der Waals surface area contributed by atoms with Crippen LogP contribution in [0, 0.1) is 0 Å². The van der Waals surface area contributed by atoms with Gasteiger partial charge in [0.2, 0.25) is 0 Å². The fraction of sp³-hybridized carbons (Fsp3) is 0.231. The second-order valence-electron chi connectivity index (χ2n) is 7.53. The second-order valence-corrected chi connectivity index (χ2v) is 7.53. The number of ketones is 1. The van der Waals surface area contributed by atoms with Crippen molar-refractivity contribution in [2.75, 3.05) is 25.1 Å². The van der Waals surface area contributed by atoms with E-state index in [0.29, 0.717) is 34.9 Å². The van der Waals surface area contributed by atoms with Gasteiger partial charge < -0.3 is 19.5 Å². The van der Waals surface area contributed by atoms with Crippen LogP contribution in [0.5, 0.6) is 11.5 Å². The summed E-state index contributed by atoms with van der Waals surface area (Å²) < 4.78 is 16.9. The molecule has 1 atom stereocenters. The highest BCUT2D eigenvalue weighted by atomic mass is 16.5. The van der Waals surface area contributed by atoms with Crippen LogP contribution in [0.15, 0.2) is 78.9 Å². The molecule has 1 aliphatic heterocycles. The molecule has 164 valence electrons. The van der Waals surface area contributed by atoms with Gasteiger partial charge in [-0.3, -0.25) is 9.59 Å². The maximum atomic E-state index is 12.5. The van der Waals surface area contributed by atoms with Crippen molar-refractivity contribution in [3.8, 4) is 11.5 Å². The van der Waals surface area contributed by atoms with Crippen molar-refractivity contribution in [1.29, 1.82) is 0 Å². The third-order valence-electron chi connectivity index (χ3n) is 5.10. The van der Waals surface area contributed by atoms with Gasteiger partial charge in [-0.25, -0.2) is 0 Å². The lowest BCUT2D eigenvalue weighted by Crippen LogP contribution is -2.20. The Hall–Kier alpha value is -3.64. The molecule has 3 aromatic rings. The molecule has 1 N–H and O–H groups in total. The molecule has 1 heterocycles. The van der Waals surface area contributed by atoms with Gasteiger partial charge in [-0.2, -0.15) is 0 Å². The molecule has 1 aliphatic rings. The molecule has 0 unspecified atom stereocenters. The third-order valence-corrected chi connectivity index (χ3v) is 5.10. The van der Waals surface area contributed by atoms with E-state index < -0.39 is 0 Å². The smallest absolute Gasteiger partial charge is 0.262 e. The number of anilines is 1. The summed E-state index contributed by atoms with van der Waals surface area (Å²) in [5.74, 6) is 0.846. The van der Waals surface area contributed by atoms with Crippen LogP contribution in [-0.4, -0.2) is 37.6 Å². The molecule has 0 radical (unpaired) electrons. The minimum absolute atomic E-state index is 0.0588. The molecule has 4 rings (SSSR count). The highest BCUT2D eigenvalue weighted by molar-refractivity contribution is 6.09. The van der Waals surface area contributed by atoms with E-state index in [9.17, 15) is 9.59 Å². The van der Waals surface area contributed by atoms with Gasteiger partial charge in [-0.05, 0) is 49.2 Å². The largest absolute Gasteiger partial charge is 0.491 e. The Kier molecular flexibility index (Phi) is 7.15. The van der Waals surface area contributed by atoms with E-state index in [1.807, 2.05) is 30.3 Å². The van der Waals surface area contributed by atoms with Gasteiger partial charge in [0, 0.05) is 29.5 Å². The van der Waals surface area contributed by atoms with Gasteiger partial charge in [-0.1, -0.05) is 36.4 Å². The zero-order chi connectivity index (χ0) is 22.2. The number of rotatable bonds is 9. The Balaban J connectivity index is 1.26. The molecule has 0 saturated carbocycles. The van der Waals surface area contributed by atoms with E-state index >= 15 is 0 Å². The highest BCUT2D eigenvalue weighted by Crippen LogP contribution is 2.20. The summed E-state index contributed by atoms with van der Waals surface area (Å²) in [5.41, 5.74) is 1.82. The van der Waals surface area contributed by atoms with Gasteiger partial charge in [0.05, 0.1) is 6.10 Å². The van der Waals surface area contributed by atoms with Crippen molar-refractivity contribution >= 4 is 17.4 Å². The Morgan fingerprint density at radius 3 is 2.41 bits per heavy atom. The number of nitrogens with one attached hydrogen (secondary N) is 1. The van der Waals surface area contributed by atoms with Gasteiger partial charge in [0.15, 0.2) is 12.4 Å². The molecule has 0 spiro atoms. The van der Waals surface area contributed by atoms with Crippen molar-refractivity contribution in [2.24, 2.45) is 0 Å². The van der Waals surface area contributed by atoms with Crippen LogP contribution in [0.3, 0.4) is 0 Å². The maximum absolute atomic E-state index is 12.5. The number of ether oxygens (including phenoxy) is 3. The summed E-state index contributed by atoms with van der Waals surface area (Å²) in [6.07, 6.45) is 2.21. The highest BCUT2D eigenvalue weighted by Gasteiger charge is 2.16. The standard InChI is InChI=1S/C26H25NO5/c28-25(27-21-8-4-9-23(16-21)31-17-24-10-5-15-30-24)18-32-22-13-11-20(12-14-22)26(29)19-6-2-1-3-7-19/h1-4,6-9,11-14,16,24H,5,10,15,17-18H2,(H,27,28)/t24-/m1/s1. The summed E-state index contributed by atoms with van der Waals surface area (Å²) in [6, 6.07) is 23.1. The Bertz CT molecular complexity index is 1040. The van der Waals surface area contributed by atoms with E-state index in [2.05, 4.69) is 5.32 Å². The summed E-state index contributed by atoms with van der Waals surface area (Å²) in [5, 5.41) is 2.80. The molecule has 1 fully saturated rings. The number of amides is 1. The molecule has 6 nitrogen and oxygen atoms in total. The predicted molar refractivity (Wildman–Crippen MR) is 121 cm³/mol. The van der Waals surface area contributed by atoms with Crippen molar-refractivity contribution in [3.63, 3.8) is 0 Å². The first-order valence-electron chi connectivity index (χ1n) is 10.6. The van der Waals surface area contributed by atoms with Gasteiger partial charge in [-0.15, -0.1) is 0 Å². The maximum Gasteiger partial charge on any atom is 0.262 e. The van der Waals surface area contributed by atoms with Gasteiger partial charge >= 0.3 is 0 Å². The fourth-order valence-electron chi connectivity index (χ4n) is 3.43. The first kappa shape index (κ1) is 21.6. The monoisotopic (exact) mass is 431 g/mol. The third kappa shape index (κ3) is 5.95. The molecule has 0 bridgehead atoms. The molecule has 1 amide bonds. The van der Waals surface area contributed by atoms with E-state index in [1.165, 1.54) is 0 Å². The van der Waals surface area contributed by atoms with Crippen molar-refractivity contribution in [1.82, 2.24) is 0 Å². The molecule has 6 heteroatoms. The Morgan fingerprint density at radius 2 is 1.66 bits per heavy atom. The number of hydrogen-bond donors (Lipinski definition) is 1. The topological polar surface area (TPSA) is 73.9 Å². The van der Waals surface area contributed by atoms with E-state index in [0.717, 1.165) is 19.4 Å². The molecule has 0 aromatic heterocycles. The number of hydrogen-bond acceptors (Lipinski definition) is 5. The van der Waals surface area contributed by atoms with Gasteiger partial charge in [0.25, 0.3) is 5.91 Å². The molecule has 1 saturated heterocycles. The summed E-state index contributed by atoms with van der Waals surface area (Å²) in [6.45, 7) is 1.15. The van der Waals surface area contributed by atoms with E-state index in [-0.39, 0.29) is 24.4 Å². The molecule has 3 aromatic carbocycles. The van der Waals surface area contributed by atoms with Crippen LogP contribution >= 0.6 is 0 Å². The lowest BCUT2D eigenvalue weighted by atomic mass is 10.0. The second kappa shape index (κ2) is 10.6. The zero-order valence-corrected chi connectivity index (χ0v) is 17.7. The van der Waals surface area contributed by atoms with Crippen LogP contribution in [0.1, 0.15) is 28.8 Å². The van der Waals surface area contributed by atoms with Crippen LogP contribution in [0.2, 0.25) is 0 Å². The summed E-state index contributed by atoms with van der Waals surface area (Å²) in [4.78, 5) is 24.7. The first-order chi connectivity index (χ1) is 15.7. The SMILES string of the molecule is O=C(COc1ccc(C(=O)c2ccccc2)cc1)Nc1cccc(OC[C@H]2CCCO2)c1. The Labute approximate surface area is 187 Å². The average Bonchev–Trinajstić information content (AvgIpc) is 3.36. The number of carbonyl (C=O) groups is 2. The number of carbonyl (C=O) groups excluding carboxylic acids is 2. The molecular weight excluding hydrogens is 406 g/mol. The molecule has 32 heavy (non-hydrogen) atoms. The van der Waals surface area contributed by atoms with E-state index in [1.54, 1.807) is 48.5 Å². The fourth-order valence-corrected chi connectivity index (χ4v) is 3.43. The van der Waals surface area contributed by atoms with E-state index in [4.69, 9.17) is 14.2 Å². The minimum Gasteiger partial charge on any atom is -0.491 e. The molecular formula is C26H25NO5. The predicted octanol–water partition coefficient (Wildman–Crippen LogP) is 4.49. The zero-order valence-electron chi connectivity index (χ0n) is 17.7. The Morgan fingerprint density at radius 1 is 0.875 bits per heavy atom. The average molecular weight is 431 g/mol. The first-order valence-corrected chi connectivity index (χ1v) is 10.6. The lowest BCUT2D eigenvalue weighted by molar-refractivity contribution is -0.118. The van der Waals surface area contributed by atoms with Crippen molar-refractivity contribution in [2.45, 2.75) is 18.9 Å². The van der Waals surface area contributed by atoms with Crippen LogP contribution in [0.25, 0.3) is 0 Å². The normalized spacial score (nSPS) is 15.2. The van der Waals surface area contributed by atoms with Crippen LogP contribution in [0.4, 0.5) is 5.69 Å². The lowest BCUT2D eigenvalue weighted by Gasteiger charge is -2.13. The van der Waals surface area contributed by atoms with Crippen molar-refractivity contribution in [3.05, 3.63) is 90.0 Å². The number of benzene rings is 3. The van der Waals surface area contributed by atoms with Crippen molar-refractivity contribution < 1.29 is 23.8 Å². The van der Waals surface area contributed by atoms with Crippen LogP contribution in [-0.2, 0) is 9.53 Å². The summed E-state index contributed by atoms with van der Waals surface area (Å²) in [7, 11) is 0. The minimum atomic E-state index is -0.286. The van der Waals surface area contributed by atoms with Crippen LogP contribution < -0.4 is 14.8 Å².